The van der Waals surface area contributed by atoms with Crippen molar-refractivity contribution in [3.63, 3.8) is 0 Å². The predicted octanol–water partition coefficient (Wildman–Crippen LogP) is 3.86. The SMILES string of the molecule is Cc1ccc([C@H](CC2CC2)N2CCNCC2)c(F)c1F.Cl.Cl. The highest BCUT2D eigenvalue weighted by molar-refractivity contribution is 5.85. The van der Waals surface area contributed by atoms with Crippen molar-refractivity contribution >= 4 is 24.8 Å². The van der Waals surface area contributed by atoms with Gasteiger partial charge in [0.15, 0.2) is 11.6 Å². The molecule has 1 N–H and O–H groups in total. The van der Waals surface area contributed by atoms with Crippen LogP contribution < -0.4 is 5.32 Å². The Morgan fingerprint density at radius 3 is 2.36 bits per heavy atom. The van der Waals surface area contributed by atoms with Gasteiger partial charge in [0.25, 0.3) is 0 Å². The Morgan fingerprint density at radius 1 is 1.14 bits per heavy atom. The minimum absolute atomic E-state index is 0. The van der Waals surface area contributed by atoms with E-state index in [1.54, 1.807) is 19.1 Å². The number of piperazine rings is 1. The molecule has 2 fully saturated rings. The molecular weight excluding hydrogens is 329 g/mol. The Labute approximate surface area is 143 Å². The highest BCUT2D eigenvalue weighted by atomic mass is 35.5. The van der Waals surface area contributed by atoms with Gasteiger partial charge in [0.05, 0.1) is 0 Å². The van der Waals surface area contributed by atoms with Gasteiger partial charge in [-0.2, -0.15) is 0 Å². The van der Waals surface area contributed by atoms with Gasteiger partial charge in [-0.05, 0) is 24.8 Å². The van der Waals surface area contributed by atoms with Gasteiger partial charge in [-0.3, -0.25) is 4.90 Å². The number of hydrogen-bond donors (Lipinski definition) is 1. The molecule has 1 saturated heterocycles. The molecule has 1 saturated carbocycles. The molecule has 0 spiro atoms. The smallest absolute Gasteiger partial charge is 0.163 e. The maximum Gasteiger partial charge on any atom is 0.163 e. The first-order valence-electron chi connectivity index (χ1n) is 7.56. The highest BCUT2D eigenvalue weighted by Gasteiger charge is 2.32. The van der Waals surface area contributed by atoms with Gasteiger partial charge in [0.1, 0.15) is 0 Å². The summed E-state index contributed by atoms with van der Waals surface area (Å²) in [6, 6.07) is 3.51. The first-order chi connectivity index (χ1) is 9.66. The van der Waals surface area contributed by atoms with Crippen LogP contribution in [0.25, 0.3) is 0 Å². The first kappa shape index (κ1) is 19.6. The van der Waals surface area contributed by atoms with Crippen molar-refractivity contribution in [1.29, 1.82) is 0 Å². The van der Waals surface area contributed by atoms with E-state index in [-0.39, 0.29) is 30.9 Å². The fraction of sp³-hybridized carbons (Fsp3) is 0.625. The minimum atomic E-state index is -0.682. The van der Waals surface area contributed by atoms with Gasteiger partial charge >= 0.3 is 0 Å². The van der Waals surface area contributed by atoms with E-state index < -0.39 is 11.6 Å². The number of nitrogens with one attached hydrogen (secondary N) is 1. The maximum absolute atomic E-state index is 14.3. The summed E-state index contributed by atoms with van der Waals surface area (Å²) < 4.78 is 28.2. The second kappa shape index (κ2) is 8.44. The van der Waals surface area contributed by atoms with Crippen molar-refractivity contribution in [1.82, 2.24) is 10.2 Å². The molecule has 0 bridgehead atoms. The normalized spacial score (nSPS) is 20.0. The van der Waals surface area contributed by atoms with Crippen LogP contribution in [-0.4, -0.2) is 31.1 Å². The zero-order valence-electron chi connectivity index (χ0n) is 12.8. The molecule has 22 heavy (non-hydrogen) atoms. The molecule has 0 aromatic heterocycles. The van der Waals surface area contributed by atoms with E-state index >= 15 is 0 Å². The zero-order chi connectivity index (χ0) is 14.1. The quantitative estimate of drug-likeness (QED) is 0.884. The van der Waals surface area contributed by atoms with Gasteiger partial charge in [0, 0.05) is 37.8 Å². The standard InChI is InChI=1S/C16H22F2N2.2ClH/c1-11-2-5-13(16(18)15(11)17)14(10-12-3-4-12)20-8-6-19-7-9-20;;/h2,5,12,14,19H,3-4,6-10H2,1H3;2*1H/t14-;;/m0../s1. The van der Waals surface area contributed by atoms with Gasteiger partial charge in [0.2, 0.25) is 0 Å². The third kappa shape index (κ3) is 4.31. The summed E-state index contributed by atoms with van der Waals surface area (Å²) in [5.41, 5.74) is 0.929. The minimum Gasteiger partial charge on any atom is -0.314 e. The van der Waals surface area contributed by atoms with Crippen molar-refractivity contribution < 1.29 is 8.78 Å². The van der Waals surface area contributed by atoms with E-state index in [9.17, 15) is 8.78 Å². The van der Waals surface area contributed by atoms with Crippen molar-refractivity contribution in [3.05, 3.63) is 34.9 Å². The van der Waals surface area contributed by atoms with E-state index in [1.165, 1.54) is 12.8 Å². The molecule has 0 amide bonds. The lowest BCUT2D eigenvalue weighted by Gasteiger charge is -2.35. The van der Waals surface area contributed by atoms with E-state index in [4.69, 9.17) is 0 Å². The van der Waals surface area contributed by atoms with Crippen molar-refractivity contribution in [3.8, 4) is 0 Å². The molecule has 1 aromatic rings. The molecule has 1 atom stereocenters. The fourth-order valence-electron chi connectivity index (χ4n) is 3.05. The van der Waals surface area contributed by atoms with Crippen molar-refractivity contribution in [2.24, 2.45) is 5.92 Å². The molecule has 3 rings (SSSR count). The van der Waals surface area contributed by atoms with E-state index in [1.807, 2.05) is 0 Å². The molecule has 1 aromatic carbocycles. The number of hydrogen-bond acceptors (Lipinski definition) is 2. The van der Waals surface area contributed by atoms with Gasteiger partial charge in [-0.15, -0.1) is 24.8 Å². The van der Waals surface area contributed by atoms with Crippen LogP contribution in [0.1, 0.15) is 36.4 Å². The Balaban J connectivity index is 0.00000121. The Kier molecular flexibility index (Phi) is 7.53. The highest BCUT2D eigenvalue weighted by Crippen LogP contribution is 2.41. The van der Waals surface area contributed by atoms with Crippen molar-refractivity contribution in [2.45, 2.75) is 32.2 Å². The number of rotatable bonds is 4. The van der Waals surface area contributed by atoms with Crippen LogP contribution in [0, 0.1) is 24.5 Å². The molecular formula is C16H24Cl2F2N2. The summed E-state index contributed by atoms with van der Waals surface area (Å²) in [4.78, 5) is 2.31. The largest absolute Gasteiger partial charge is 0.314 e. The van der Waals surface area contributed by atoms with E-state index in [0.29, 0.717) is 17.0 Å². The number of halogens is 4. The van der Waals surface area contributed by atoms with Crippen LogP contribution in [0.2, 0.25) is 0 Å². The number of aryl methyl sites for hydroxylation is 1. The summed E-state index contributed by atoms with van der Waals surface area (Å²) >= 11 is 0. The number of nitrogens with zero attached hydrogens (tertiary/aromatic N) is 1. The Bertz CT molecular complexity index is 489. The zero-order valence-corrected chi connectivity index (χ0v) is 14.4. The van der Waals surface area contributed by atoms with Gasteiger partial charge in [-0.25, -0.2) is 8.78 Å². The van der Waals surface area contributed by atoms with E-state index in [2.05, 4.69) is 10.2 Å². The lowest BCUT2D eigenvalue weighted by Crippen LogP contribution is -2.45. The summed E-state index contributed by atoms with van der Waals surface area (Å²) in [7, 11) is 0. The maximum atomic E-state index is 14.3. The van der Waals surface area contributed by atoms with Gasteiger partial charge in [-0.1, -0.05) is 25.0 Å². The second-order valence-corrected chi connectivity index (χ2v) is 6.08. The Morgan fingerprint density at radius 2 is 1.77 bits per heavy atom. The molecule has 0 radical (unpaired) electrons. The van der Waals surface area contributed by atoms with Crippen LogP contribution in [0.4, 0.5) is 8.78 Å². The second-order valence-electron chi connectivity index (χ2n) is 6.08. The Hall–Kier alpha value is -0.420. The lowest BCUT2D eigenvalue weighted by atomic mass is 9.97. The molecule has 0 unspecified atom stereocenters. The molecule has 1 aliphatic carbocycles. The number of benzene rings is 1. The average Bonchev–Trinajstić information content (AvgIpc) is 3.28. The molecule has 6 heteroatoms. The fourth-order valence-corrected chi connectivity index (χ4v) is 3.05. The van der Waals surface area contributed by atoms with Crippen LogP contribution in [0.15, 0.2) is 12.1 Å². The summed E-state index contributed by atoms with van der Waals surface area (Å²) in [5.74, 6) is -0.633. The summed E-state index contributed by atoms with van der Waals surface area (Å²) in [5, 5.41) is 3.32. The first-order valence-corrected chi connectivity index (χ1v) is 7.56. The topological polar surface area (TPSA) is 15.3 Å². The third-order valence-electron chi connectivity index (χ3n) is 4.51. The summed E-state index contributed by atoms with van der Waals surface area (Å²) in [6.45, 7) is 5.29. The van der Waals surface area contributed by atoms with Crippen LogP contribution in [-0.2, 0) is 0 Å². The average molecular weight is 353 g/mol. The lowest BCUT2D eigenvalue weighted by molar-refractivity contribution is 0.156. The van der Waals surface area contributed by atoms with Crippen LogP contribution in [0.5, 0.6) is 0 Å². The van der Waals surface area contributed by atoms with Crippen LogP contribution >= 0.6 is 24.8 Å². The third-order valence-corrected chi connectivity index (χ3v) is 4.51. The molecule has 1 aliphatic heterocycles. The van der Waals surface area contributed by atoms with Crippen LogP contribution in [0.3, 0.4) is 0 Å². The molecule has 2 aliphatic rings. The summed E-state index contributed by atoms with van der Waals surface area (Å²) in [6.07, 6.45) is 3.43. The van der Waals surface area contributed by atoms with Gasteiger partial charge < -0.3 is 5.32 Å². The molecule has 1 heterocycles. The predicted molar refractivity (Wildman–Crippen MR) is 90.1 cm³/mol. The molecule has 2 nitrogen and oxygen atoms in total. The van der Waals surface area contributed by atoms with Crippen molar-refractivity contribution in [2.75, 3.05) is 26.2 Å². The van der Waals surface area contributed by atoms with E-state index in [0.717, 1.165) is 32.6 Å². The monoisotopic (exact) mass is 352 g/mol. The molecule has 126 valence electrons.